The van der Waals surface area contributed by atoms with Gasteiger partial charge in [0, 0.05) is 34.6 Å². The second kappa shape index (κ2) is 7.94. The molecule has 0 saturated heterocycles. The van der Waals surface area contributed by atoms with Crippen molar-refractivity contribution in [2.45, 2.75) is 11.7 Å². The van der Waals surface area contributed by atoms with Gasteiger partial charge in [0.15, 0.2) is 11.0 Å². The number of thiophene rings is 1. The topological polar surface area (TPSA) is 59.8 Å². The van der Waals surface area contributed by atoms with E-state index in [1.807, 2.05) is 54.1 Å². The van der Waals surface area contributed by atoms with Crippen LogP contribution in [-0.4, -0.2) is 26.4 Å². The normalized spacial score (nSPS) is 11.0. The van der Waals surface area contributed by atoms with Crippen LogP contribution in [0.15, 0.2) is 65.1 Å². The van der Waals surface area contributed by atoms with Crippen LogP contribution in [0.2, 0.25) is 0 Å². The number of thioether (sulfide) groups is 1. The van der Waals surface area contributed by atoms with Gasteiger partial charge in [-0.25, -0.2) is 0 Å². The highest BCUT2D eigenvalue weighted by Gasteiger charge is 2.15. The minimum atomic E-state index is -0.0191. The predicted octanol–water partition coefficient (Wildman–Crippen LogP) is 4.11. The van der Waals surface area contributed by atoms with E-state index < -0.39 is 0 Å². The van der Waals surface area contributed by atoms with Crippen LogP contribution in [0.4, 0.5) is 0 Å². The van der Waals surface area contributed by atoms with Crippen molar-refractivity contribution in [2.24, 2.45) is 7.05 Å². The van der Waals surface area contributed by atoms with E-state index in [9.17, 15) is 4.79 Å². The largest absolute Gasteiger partial charge is 0.351 e. The molecule has 0 atom stereocenters. The highest BCUT2D eigenvalue weighted by molar-refractivity contribution is 7.99. The fourth-order valence-corrected chi connectivity index (χ4v) is 4.48. The fraction of sp³-hybridized carbons (Fsp3) is 0.150. The van der Waals surface area contributed by atoms with Crippen molar-refractivity contribution in [3.05, 3.63) is 65.5 Å². The van der Waals surface area contributed by atoms with Gasteiger partial charge in [-0.3, -0.25) is 4.79 Å². The smallest absolute Gasteiger partial charge is 0.230 e. The van der Waals surface area contributed by atoms with Crippen LogP contribution >= 0.6 is 23.1 Å². The van der Waals surface area contributed by atoms with Crippen LogP contribution in [0.3, 0.4) is 0 Å². The van der Waals surface area contributed by atoms with Gasteiger partial charge in [0.25, 0.3) is 0 Å². The molecule has 4 aromatic rings. The Kier molecular flexibility index (Phi) is 5.22. The Labute approximate surface area is 165 Å². The molecular weight excluding hydrogens is 376 g/mol. The molecule has 2 aromatic carbocycles. The van der Waals surface area contributed by atoms with Gasteiger partial charge in [0.05, 0.1) is 5.75 Å². The predicted molar refractivity (Wildman–Crippen MR) is 111 cm³/mol. The summed E-state index contributed by atoms with van der Waals surface area (Å²) in [4.78, 5) is 12.1. The number of amides is 1. The Hall–Kier alpha value is -2.64. The first kappa shape index (κ1) is 17.8. The third-order valence-corrected chi connectivity index (χ3v) is 6.21. The van der Waals surface area contributed by atoms with E-state index in [0.717, 1.165) is 22.1 Å². The second-order valence-corrected chi connectivity index (χ2v) is 7.92. The summed E-state index contributed by atoms with van der Waals surface area (Å²) in [6, 6.07) is 18.1. The summed E-state index contributed by atoms with van der Waals surface area (Å²) in [7, 11) is 1.94. The summed E-state index contributed by atoms with van der Waals surface area (Å²) < 4.78 is 3.17. The highest BCUT2D eigenvalue weighted by Crippen LogP contribution is 2.33. The number of fused-ring (bicyclic) bond motifs is 1. The van der Waals surface area contributed by atoms with Crippen molar-refractivity contribution in [3.8, 4) is 11.4 Å². The molecule has 0 aliphatic carbocycles. The van der Waals surface area contributed by atoms with Crippen molar-refractivity contribution in [2.75, 3.05) is 5.75 Å². The summed E-state index contributed by atoms with van der Waals surface area (Å²) in [5.74, 6) is 1.11. The highest BCUT2D eigenvalue weighted by atomic mass is 32.2. The van der Waals surface area contributed by atoms with E-state index in [1.165, 1.54) is 21.8 Å². The molecule has 0 radical (unpaired) electrons. The number of carbonyl (C=O) groups excluding carboxylic acids is 1. The van der Waals surface area contributed by atoms with Crippen LogP contribution in [0.25, 0.3) is 21.5 Å². The second-order valence-electron chi connectivity index (χ2n) is 6.06. The maximum absolute atomic E-state index is 12.1. The Bertz CT molecular complexity index is 1070. The molecule has 1 N–H and O–H groups in total. The molecule has 27 heavy (non-hydrogen) atoms. The molecule has 0 saturated carbocycles. The minimum absolute atomic E-state index is 0.0191. The Balaban J connectivity index is 1.41. The first-order chi connectivity index (χ1) is 13.2. The van der Waals surface area contributed by atoms with E-state index >= 15 is 0 Å². The minimum Gasteiger partial charge on any atom is -0.351 e. The summed E-state index contributed by atoms with van der Waals surface area (Å²) >= 11 is 3.09. The van der Waals surface area contributed by atoms with Gasteiger partial charge >= 0.3 is 0 Å². The van der Waals surface area contributed by atoms with Crippen molar-refractivity contribution in [1.82, 2.24) is 20.1 Å². The molecule has 0 aliphatic rings. The van der Waals surface area contributed by atoms with Crippen LogP contribution in [0, 0.1) is 0 Å². The molecule has 7 heteroatoms. The number of nitrogens with one attached hydrogen (secondary N) is 1. The maximum atomic E-state index is 12.1. The third kappa shape index (κ3) is 3.89. The molecule has 0 bridgehead atoms. The molecule has 136 valence electrons. The molecule has 0 spiro atoms. The fourth-order valence-electron chi connectivity index (χ4n) is 2.80. The molecule has 2 heterocycles. The summed E-state index contributed by atoms with van der Waals surface area (Å²) in [5, 5.41) is 15.6. The van der Waals surface area contributed by atoms with Gasteiger partial charge in [0.1, 0.15) is 0 Å². The zero-order chi connectivity index (χ0) is 18.6. The van der Waals surface area contributed by atoms with Gasteiger partial charge in [-0.15, -0.1) is 21.5 Å². The standard InChI is InChI=1S/C20H18N4OS2/c1-24-19(16-12-26-17-10-6-5-9-15(16)17)22-23-20(24)27-13-18(25)21-11-14-7-3-2-4-8-14/h2-10,12H,11,13H2,1H3,(H,21,25). The van der Waals surface area contributed by atoms with E-state index in [-0.39, 0.29) is 5.91 Å². The SMILES string of the molecule is Cn1c(SCC(=O)NCc2ccccc2)nnc1-c1csc2ccccc12. The monoisotopic (exact) mass is 394 g/mol. The van der Waals surface area contributed by atoms with E-state index in [1.54, 1.807) is 11.3 Å². The number of aromatic nitrogens is 3. The molecule has 2 aromatic heterocycles. The van der Waals surface area contributed by atoms with Gasteiger partial charge in [-0.2, -0.15) is 0 Å². The van der Waals surface area contributed by atoms with Crippen LogP contribution in [-0.2, 0) is 18.4 Å². The van der Waals surface area contributed by atoms with E-state index in [2.05, 4.69) is 33.0 Å². The Morgan fingerprint density at radius 3 is 2.74 bits per heavy atom. The molecule has 1 amide bonds. The zero-order valence-corrected chi connectivity index (χ0v) is 16.4. The molecular formula is C20H18N4OS2. The summed E-state index contributed by atoms with van der Waals surface area (Å²) in [6.07, 6.45) is 0. The average molecular weight is 395 g/mol. The average Bonchev–Trinajstić information content (AvgIpc) is 3.29. The van der Waals surface area contributed by atoms with Crippen LogP contribution < -0.4 is 5.32 Å². The zero-order valence-electron chi connectivity index (χ0n) is 14.8. The number of rotatable bonds is 6. The number of carbonyl (C=O) groups is 1. The van der Waals surface area contributed by atoms with E-state index in [4.69, 9.17) is 0 Å². The number of benzene rings is 2. The molecule has 5 nitrogen and oxygen atoms in total. The van der Waals surface area contributed by atoms with Crippen LogP contribution in [0.5, 0.6) is 0 Å². The number of hydrogen-bond acceptors (Lipinski definition) is 5. The lowest BCUT2D eigenvalue weighted by molar-refractivity contribution is -0.118. The summed E-state index contributed by atoms with van der Waals surface area (Å²) in [5.41, 5.74) is 2.16. The lowest BCUT2D eigenvalue weighted by atomic mass is 10.2. The lowest BCUT2D eigenvalue weighted by Gasteiger charge is -2.05. The number of hydrogen-bond donors (Lipinski definition) is 1. The molecule has 4 rings (SSSR count). The number of nitrogens with zero attached hydrogens (tertiary/aromatic N) is 3. The van der Waals surface area contributed by atoms with Crippen molar-refractivity contribution >= 4 is 39.1 Å². The van der Waals surface area contributed by atoms with Gasteiger partial charge in [-0.05, 0) is 11.6 Å². The molecule has 0 fully saturated rings. The van der Waals surface area contributed by atoms with Gasteiger partial charge < -0.3 is 9.88 Å². The van der Waals surface area contributed by atoms with E-state index in [0.29, 0.717) is 12.3 Å². The van der Waals surface area contributed by atoms with Crippen molar-refractivity contribution < 1.29 is 4.79 Å². The van der Waals surface area contributed by atoms with Crippen molar-refractivity contribution in [3.63, 3.8) is 0 Å². The first-order valence-corrected chi connectivity index (χ1v) is 10.4. The summed E-state index contributed by atoms with van der Waals surface area (Å²) in [6.45, 7) is 0.533. The first-order valence-electron chi connectivity index (χ1n) is 8.52. The lowest BCUT2D eigenvalue weighted by Crippen LogP contribution is -2.24. The molecule has 0 unspecified atom stereocenters. The van der Waals surface area contributed by atoms with Gasteiger partial charge in [-0.1, -0.05) is 60.3 Å². The van der Waals surface area contributed by atoms with Crippen LogP contribution in [0.1, 0.15) is 5.56 Å². The van der Waals surface area contributed by atoms with Gasteiger partial charge in [0.2, 0.25) is 5.91 Å². The quantitative estimate of drug-likeness (QED) is 0.500. The maximum Gasteiger partial charge on any atom is 0.230 e. The third-order valence-electron chi connectivity index (χ3n) is 4.22. The Morgan fingerprint density at radius 2 is 1.89 bits per heavy atom. The van der Waals surface area contributed by atoms with Crippen molar-refractivity contribution in [1.29, 1.82) is 0 Å². The Morgan fingerprint density at radius 1 is 1.11 bits per heavy atom. The molecule has 0 aliphatic heterocycles.